The van der Waals surface area contributed by atoms with Crippen molar-refractivity contribution in [3.8, 4) is 17.2 Å². The maximum atomic E-state index is 13.9. The molecule has 12 heteroatoms. The number of para-hydroxylation sites is 1. The molecular formula is C37H36N6O5S. The number of aromatic nitrogens is 3. The Bertz CT molecular complexity index is 1880. The summed E-state index contributed by atoms with van der Waals surface area (Å²) in [6.45, 7) is 0.484. The van der Waals surface area contributed by atoms with Crippen molar-refractivity contribution in [1.82, 2.24) is 25.1 Å². The predicted octanol–water partition coefficient (Wildman–Crippen LogP) is 5.51. The van der Waals surface area contributed by atoms with Crippen LogP contribution in [0, 0.1) is 0 Å². The third-order valence-electron chi connectivity index (χ3n) is 7.95. The molecule has 5 aromatic rings. The molecule has 0 bridgehead atoms. The lowest BCUT2D eigenvalue weighted by Crippen LogP contribution is -2.30. The molecule has 4 aromatic carbocycles. The fourth-order valence-corrected chi connectivity index (χ4v) is 6.16. The van der Waals surface area contributed by atoms with Crippen molar-refractivity contribution < 1.29 is 23.8 Å². The highest BCUT2D eigenvalue weighted by atomic mass is 32.2. The van der Waals surface area contributed by atoms with Gasteiger partial charge in [0, 0.05) is 6.42 Å². The fourth-order valence-electron chi connectivity index (χ4n) is 5.35. The van der Waals surface area contributed by atoms with Crippen molar-refractivity contribution in [2.45, 2.75) is 30.7 Å². The Morgan fingerprint density at radius 1 is 0.816 bits per heavy atom. The maximum Gasteiger partial charge on any atom is 0.258 e. The molecule has 1 aliphatic heterocycles. The average Bonchev–Trinajstić information content (AvgIpc) is 3.77. The second-order valence-corrected chi connectivity index (χ2v) is 12.1. The third kappa shape index (κ3) is 8.46. The molecule has 2 amide bonds. The number of thioether (sulfide) groups is 1. The molecule has 1 N–H and O–H groups in total. The van der Waals surface area contributed by atoms with E-state index in [1.165, 1.54) is 11.8 Å². The molecule has 0 radical (unpaired) electrons. The first-order valence-electron chi connectivity index (χ1n) is 15.7. The van der Waals surface area contributed by atoms with E-state index in [1.54, 1.807) is 31.4 Å². The number of carbonyl (C=O) groups excluding carboxylic acids is 2. The van der Waals surface area contributed by atoms with Gasteiger partial charge in [-0.3, -0.25) is 9.59 Å². The summed E-state index contributed by atoms with van der Waals surface area (Å²) in [4.78, 5) is 26.5. The summed E-state index contributed by atoms with van der Waals surface area (Å²) < 4.78 is 18.2. The normalized spacial score (nSPS) is 13.9. The van der Waals surface area contributed by atoms with Gasteiger partial charge in [0.15, 0.2) is 17.6 Å². The molecule has 0 aliphatic carbocycles. The summed E-state index contributed by atoms with van der Waals surface area (Å²) in [6, 6.07) is 34.1. The smallest absolute Gasteiger partial charge is 0.258 e. The highest BCUT2D eigenvalue weighted by molar-refractivity contribution is 7.99. The van der Waals surface area contributed by atoms with Crippen LogP contribution in [0.1, 0.15) is 35.0 Å². The largest absolute Gasteiger partial charge is 0.497 e. The van der Waals surface area contributed by atoms with E-state index in [-0.39, 0.29) is 36.8 Å². The molecule has 1 aromatic heterocycles. The summed E-state index contributed by atoms with van der Waals surface area (Å²) >= 11 is 1.28. The number of hydrazone groups is 1. The Hall–Kier alpha value is -5.62. The Kier molecular flexibility index (Phi) is 10.9. The minimum absolute atomic E-state index is 0.0796. The lowest BCUT2D eigenvalue weighted by atomic mass is 9.98. The quantitative estimate of drug-likeness (QED) is 0.153. The van der Waals surface area contributed by atoms with Crippen LogP contribution < -0.4 is 19.5 Å². The van der Waals surface area contributed by atoms with Crippen molar-refractivity contribution >= 4 is 29.3 Å². The zero-order chi connectivity index (χ0) is 34.0. The molecule has 0 saturated carbocycles. The average molecular weight is 677 g/mol. The molecule has 11 nitrogen and oxygen atoms in total. The van der Waals surface area contributed by atoms with Gasteiger partial charge in [-0.1, -0.05) is 72.4 Å². The van der Waals surface area contributed by atoms with Gasteiger partial charge in [0.25, 0.3) is 11.8 Å². The van der Waals surface area contributed by atoms with Gasteiger partial charge in [0.2, 0.25) is 0 Å². The fraction of sp³-hybridized carbons (Fsp3) is 0.216. The highest BCUT2D eigenvalue weighted by Gasteiger charge is 2.33. The maximum absolute atomic E-state index is 13.9. The number of rotatable bonds is 14. The Labute approximate surface area is 288 Å². The standard InChI is InChI=1S/C37H36N6O5S/c1-46-29-17-13-27(14-18-29)32-21-33(28-15-19-30(47-2)20-16-28)43(41-32)36(45)25-49-37-40-39-34(42(37)23-26-9-5-3-6-10-26)22-38-35(44)24-48-31-11-7-4-8-12-31/h3-20,33H,21-25H2,1-2H3,(H,38,44)/t33-/m0/s1. The number of amides is 2. The molecular weight excluding hydrogens is 641 g/mol. The van der Waals surface area contributed by atoms with E-state index in [9.17, 15) is 9.59 Å². The van der Waals surface area contributed by atoms with Crippen LogP contribution >= 0.6 is 11.8 Å². The summed E-state index contributed by atoms with van der Waals surface area (Å²) in [5, 5.41) is 18.6. The SMILES string of the molecule is COc1ccc(C2=NN(C(=O)CSc3nnc(CNC(=O)COc4ccccc4)n3Cc3ccccc3)[C@H](c3ccc(OC)cc3)C2)cc1. The molecule has 1 atom stereocenters. The molecule has 250 valence electrons. The van der Waals surface area contributed by atoms with Crippen LogP contribution in [0.5, 0.6) is 17.2 Å². The van der Waals surface area contributed by atoms with Crippen molar-refractivity contribution in [2.75, 3.05) is 26.6 Å². The van der Waals surface area contributed by atoms with Crippen LogP contribution in [0.3, 0.4) is 0 Å². The van der Waals surface area contributed by atoms with Gasteiger partial charge in [0.1, 0.15) is 17.2 Å². The first-order valence-corrected chi connectivity index (χ1v) is 16.7. The van der Waals surface area contributed by atoms with Crippen molar-refractivity contribution in [3.63, 3.8) is 0 Å². The van der Waals surface area contributed by atoms with Gasteiger partial charge in [-0.05, 0) is 65.2 Å². The molecule has 0 saturated heterocycles. The van der Waals surface area contributed by atoms with Crippen LogP contribution in [0.15, 0.2) is 119 Å². The lowest BCUT2D eigenvalue weighted by molar-refractivity contribution is -0.130. The molecule has 0 unspecified atom stereocenters. The molecule has 2 heterocycles. The number of ether oxygens (including phenoxy) is 3. The van der Waals surface area contributed by atoms with Gasteiger partial charge in [-0.25, -0.2) is 5.01 Å². The number of hydrogen-bond donors (Lipinski definition) is 1. The summed E-state index contributed by atoms with van der Waals surface area (Å²) in [5.41, 5.74) is 3.71. The number of hydrogen-bond acceptors (Lipinski definition) is 9. The summed E-state index contributed by atoms with van der Waals surface area (Å²) in [6.07, 6.45) is 0.553. The molecule has 1 aliphatic rings. The van der Waals surface area contributed by atoms with Crippen LogP contribution in [-0.4, -0.2) is 63.9 Å². The second-order valence-electron chi connectivity index (χ2n) is 11.1. The van der Waals surface area contributed by atoms with Crippen LogP contribution in [0.4, 0.5) is 0 Å². The first-order chi connectivity index (χ1) is 24.0. The Morgan fingerprint density at radius 3 is 2.14 bits per heavy atom. The Morgan fingerprint density at radius 2 is 1.47 bits per heavy atom. The van der Waals surface area contributed by atoms with E-state index in [4.69, 9.17) is 19.3 Å². The monoisotopic (exact) mass is 676 g/mol. The highest BCUT2D eigenvalue weighted by Crippen LogP contribution is 2.35. The van der Waals surface area contributed by atoms with Gasteiger partial charge in [-0.2, -0.15) is 5.10 Å². The topological polar surface area (TPSA) is 120 Å². The van der Waals surface area contributed by atoms with E-state index in [0.29, 0.717) is 29.7 Å². The number of carbonyl (C=O) groups is 2. The van der Waals surface area contributed by atoms with Gasteiger partial charge in [-0.15, -0.1) is 10.2 Å². The van der Waals surface area contributed by atoms with Gasteiger partial charge < -0.3 is 24.1 Å². The Balaban J connectivity index is 1.18. The van der Waals surface area contributed by atoms with Gasteiger partial charge >= 0.3 is 0 Å². The van der Waals surface area contributed by atoms with Crippen molar-refractivity contribution in [1.29, 1.82) is 0 Å². The van der Waals surface area contributed by atoms with Crippen LogP contribution in [0.25, 0.3) is 0 Å². The third-order valence-corrected chi connectivity index (χ3v) is 8.90. The van der Waals surface area contributed by atoms with E-state index in [0.717, 1.165) is 33.9 Å². The van der Waals surface area contributed by atoms with Crippen molar-refractivity contribution in [3.05, 3.63) is 132 Å². The molecule has 0 fully saturated rings. The van der Waals surface area contributed by atoms with Crippen LogP contribution in [0.2, 0.25) is 0 Å². The summed E-state index contributed by atoms with van der Waals surface area (Å²) in [7, 11) is 3.25. The summed E-state index contributed by atoms with van der Waals surface area (Å²) in [5.74, 6) is 2.28. The predicted molar refractivity (Wildman–Crippen MR) is 187 cm³/mol. The number of nitrogens with zero attached hydrogens (tertiary/aromatic N) is 5. The number of methoxy groups -OCH3 is 2. The molecule has 49 heavy (non-hydrogen) atoms. The van der Waals surface area contributed by atoms with Crippen molar-refractivity contribution in [2.24, 2.45) is 5.10 Å². The molecule has 6 rings (SSSR count). The van der Waals surface area contributed by atoms with E-state index >= 15 is 0 Å². The zero-order valence-corrected chi connectivity index (χ0v) is 28.0. The number of benzene rings is 4. The minimum Gasteiger partial charge on any atom is -0.497 e. The van der Waals surface area contributed by atoms with Crippen LogP contribution in [-0.2, 0) is 22.7 Å². The second kappa shape index (κ2) is 16.0. The van der Waals surface area contributed by atoms with E-state index in [2.05, 4.69) is 15.5 Å². The minimum atomic E-state index is -0.290. The lowest BCUT2D eigenvalue weighted by Gasteiger charge is -2.22. The van der Waals surface area contributed by atoms with E-state index in [1.807, 2.05) is 102 Å². The first kappa shape index (κ1) is 33.3. The van der Waals surface area contributed by atoms with Gasteiger partial charge in [0.05, 0.1) is 44.8 Å². The van der Waals surface area contributed by atoms with E-state index < -0.39 is 0 Å². The zero-order valence-electron chi connectivity index (χ0n) is 27.2. The number of nitrogens with one attached hydrogen (secondary N) is 1. The molecule has 0 spiro atoms.